The van der Waals surface area contributed by atoms with Gasteiger partial charge in [-0.05, 0) is 42.2 Å². The number of nitrogens with two attached hydrogens (primary N) is 1. The minimum atomic E-state index is -1.47. The second kappa shape index (κ2) is 9.50. The third kappa shape index (κ3) is 4.28. The van der Waals surface area contributed by atoms with E-state index in [4.69, 9.17) is 10.2 Å². The number of fused-ring (bicyclic) bond motifs is 1. The number of furan rings is 1. The standard InChI is InChI=1S/C27H32N4O3/c28-26(29-19-20-10-11-24-21(18-20)12-17-34-24)31-15-13-30(14-16-31)25(32)27(33,23-8-4-5-9-23)22-6-2-1-3-7-22/h1-3,6-7,10-12,17-18,23,33H,4-5,8-9,13-16,19H2,(H2,28,29). The smallest absolute Gasteiger partial charge is 0.259 e. The molecule has 1 aliphatic heterocycles. The van der Waals surface area contributed by atoms with Gasteiger partial charge in [-0.25, -0.2) is 4.99 Å². The molecule has 7 heteroatoms. The van der Waals surface area contributed by atoms with Gasteiger partial charge in [-0.1, -0.05) is 49.2 Å². The number of piperazine rings is 1. The Bertz CT molecular complexity index is 1160. The SMILES string of the molecule is NC(=NCc1ccc2occc2c1)N1CCN(C(=O)C(O)(c2ccccc2)C2CCCC2)CC1. The Morgan fingerprint density at radius 3 is 2.47 bits per heavy atom. The Morgan fingerprint density at radius 1 is 1.03 bits per heavy atom. The molecule has 1 atom stereocenters. The highest BCUT2D eigenvalue weighted by atomic mass is 16.3. The Morgan fingerprint density at radius 2 is 1.74 bits per heavy atom. The molecule has 3 aromatic rings. The summed E-state index contributed by atoms with van der Waals surface area (Å²) in [5.41, 5.74) is 7.44. The van der Waals surface area contributed by atoms with Gasteiger partial charge in [0, 0.05) is 37.5 Å². The van der Waals surface area contributed by atoms with E-state index in [0.29, 0.717) is 44.2 Å². The number of aliphatic hydroxyl groups is 1. The van der Waals surface area contributed by atoms with Crippen LogP contribution in [0.25, 0.3) is 11.0 Å². The summed E-state index contributed by atoms with van der Waals surface area (Å²) in [6.07, 6.45) is 5.55. The van der Waals surface area contributed by atoms with E-state index < -0.39 is 5.60 Å². The number of guanidine groups is 1. The van der Waals surface area contributed by atoms with Crippen LogP contribution in [0.15, 0.2) is 70.3 Å². The van der Waals surface area contributed by atoms with Gasteiger partial charge in [-0.3, -0.25) is 4.79 Å². The van der Waals surface area contributed by atoms with E-state index in [1.165, 1.54) is 0 Å². The van der Waals surface area contributed by atoms with E-state index >= 15 is 0 Å². The van der Waals surface area contributed by atoms with Crippen LogP contribution in [-0.2, 0) is 16.9 Å². The lowest BCUT2D eigenvalue weighted by atomic mass is 9.79. The van der Waals surface area contributed by atoms with Crippen molar-refractivity contribution < 1.29 is 14.3 Å². The highest BCUT2D eigenvalue weighted by molar-refractivity contribution is 5.87. The predicted molar refractivity (Wildman–Crippen MR) is 132 cm³/mol. The number of carbonyl (C=O) groups excluding carboxylic acids is 1. The van der Waals surface area contributed by atoms with Crippen LogP contribution in [-0.4, -0.2) is 53.0 Å². The zero-order chi connectivity index (χ0) is 23.5. The molecule has 178 valence electrons. The molecule has 5 rings (SSSR count). The maximum absolute atomic E-state index is 13.7. The molecule has 0 radical (unpaired) electrons. The lowest BCUT2D eigenvalue weighted by Gasteiger charge is -2.41. The summed E-state index contributed by atoms with van der Waals surface area (Å²) < 4.78 is 5.39. The van der Waals surface area contributed by atoms with Crippen LogP contribution in [0, 0.1) is 5.92 Å². The van der Waals surface area contributed by atoms with E-state index in [9.17, 15) is 9.90 Å². The minimum Gasteiger partial charge on any atom is -0.464 e. The van der Waals surface area contributed by atoms with Crippen molar-refractivity contribution >= 4 is 22.8 Å². The molecule has 1 amide bonds. The van der Waals surface area contributed by atoms with Crippen LogP contribution in [0.3, 0.4) is 0 Å². The van der Waals surface area contributed by atoms with Gasteiger partial charge in [-0.2, -0.15) is 0 Å². The lowest BCUT2D eigenvalue weighted by molar-refractivity contribution is -0.160. The summed E-state index contributed by atoms with van der Waals surface area (Å²) >= 11 is 0. The van der Waals surface area contributed by atoms with Crippen molar-refractivity contribution in [2.45, 2.75) is 37.8 Å². The van der Waals surface area contributed by atoms with E-state index in [1.807, 2.05) is 53.4 Å². The predicted octanol–water partition coefficient (Wildman–Crippen LogP) is 3.47. The monoisotopic (exact) mass is 460 g/mol. The van der Waals surface area contributed by atoms with Gasteiger partial charge in [0.25, 0.3) is 5.91 Å². The number of amides is 1. The average Bonchev–Trinajstić information content (AvgIpc) is 3.59. The number of rotatable bonds is 5. The lowest BCUT2D eigenvalue weighted by Crippen LogP contribution is -2.58. The highest BCUT2D eigenvalue weighted by Gasteiger charge is 2.48. The van der Waals surface area contributed by atoms with Crippen molar-refractivity contribution in [1.29, 1.82) is 0 Å². The topological polar surface area (TPSA) is 95.3 Å². The molecule has 1 aromatic heterocycles. The zero-order valence-corrected chi connectivity index (χ0v) is 19.4. The first-order valence-corrected chi connectivity index (χ1v) is 12.1. The van der Waals surface area contributed by atoms with Crippen LogP contribution in [0.2, 0.25) is 0 Å². The molecule has 1 saturated carbocycles. The van der Waals surface area contributed by atoms with Crippen LogP contribution in [0.5, 0.6) is 0 Å². The minimum absolute atomic E-state index is 0.0420. The molecule has 2 fully saturated rings. The van der Waals surface area contributed by atoms with Crippen molar-refractivity contribution in [2.75, 3.05) is 26.2 Å². The van der Waals surface area contributed by atoms with Gasteiger partial charge in [-0.15, -0.1) is 0 Å². The summed E-state index contributed by atoms with van der Waals surface area (Å²) in [6, 6.07) is 17.4. The highest BCUT2D eigenvalue weighted by Crippen LogP contribution is 2.42. The number of hydrogen-bond acceptors (Lipinski definition) is 4. The van der Waals surface area contributed by atoms with Gasteiger partial charge in [0.15, 0.2) is 11.6 Å². The van der Waals surface area contributed by atoms with Crippen molar-refractivity contribution in [3.8, 4) is 0 Å². The number of benzene rings is 2. The summed E-state index contributed by atoms with van der Waals surface area (Å²) in [5.74, 6) is 0.252. The van der Waals surface area contributed by atoms with Gasteiger partial charge in [0.2, 0.25) is 0 Å². The maximum atomic E-state index is 13.7. The van der Waals surface area contributed by atoms with Gasteiger partial charge in [0.1, 0.15) is 5.58 Å². The van der Waals surface area contributed by atoms with E-state index in [2.05, 4.69) is 11.1 Å². The normalized spacial score (nSPS) is 19.5. The second-order valence-electron chi connectivity index (χ2n) is 9.36. The van der Waals surface area contributed by atoms with Crippen LogP contribution in [0.1, 0.15) is 36.8 Å². The molecule has 0 spiro atoms. The molecule has 3 N–H and O–H groups in total. The maximum Gasteiger partial charge on any atom is 0.259 e. The Kier molecular flexibility index (Phi) is 6.28. The fourth-order valence-corrected chi connectivity index (χ4v) is 5.34. The van der Waals surface area contributed by atoms with Crippen molar-refractivity contribution in [2.24, 2.45) is 16.6 Å². The van der Waals surface area contributed by atoms with E-state index in [-0.39, 0.29) is 11.8 Å². The van der Waals surface area contributed by atoms with Crippen LogP contribution >= 0.6 is 0 Å². The third-order valence-electron chi connectivity index (χ3n) is 7.32. The van der Waals surface area contributed by atoms with Crippen molar-refractivity contribution in [3.05, 3.63) is 72.0 Å². The molecule has 1 saturated heterocycles. The Hall–Kier alpha value is -3.32. The van der Waals surface area contributed by atoms with Crippen molar-refractivity contribution in [1.82, 2.24) is 9.80 Å². The average molecular weight is 461 g/mol. The molecule has 34 heavy (non-hydrogen) atoms. The molecule has 7 nitrogen and oxygen atoms in total. The largest absolute Gasteiger partial charge is 0.464 e. The zero-order valence-electron chi connectivity index (χ0n) is 19.4. The number of nitrogens with zero attached hydrogens (tertiary/aromatic N) is 3. The first-order chi connectivity index (χ1) is 16.6. The molecular formula is C27H32N4O3. The van der Waals surface area contributed by atoms with Gasteiger partial charge in [0.05, 0.1) is 12.8 Å². The molecular weight excluding hydrogens is 428 g/mol. The summed E-state index contributed by atoms with van der Waals surface area (Å²) in [6.45, 7) is 2.70. The van der Waals surface area contributed by atoms with Crippen LogP contribution < -0.4 is 5.73 Å². The Balaban J connectivity index is 1.24. The van der Waals surface area contributed by atoms with Gasteiger partial charge < -0.3 is 25.1 Å². The number of hydrogen-bond donors (Lipinski definition) is 2. The summed E-state index contributed by atoms with van der Waals surface area (Å²) in [7, 11) is 0. The molecule has 1 unspecified atom stereocenters. The first-order valence-electron chi connectivity index (χ1n) is 12.1. The summed E-state index contributed by atoms with van der Waals surface area (Å²) in [4.78, 5) is 22.0. The number of carbonyl (C=O) groups is 1. The Labute approximate surface area is 199 Å². The first kappa shape index (κ1) is 22.5. The fraction of sp³-hybridized carbons (Fsp3) is 0.407. The number of aliphatic imine (C=N–C) groups is 1. The fourth-order valence-electron chi connectivity index (χ4n) is 5.34. The molecule has 2 aromatic carbocycles. The quantitative estimate of drug-likeness (QED) is 0.449. The third-order valence-corrected chi connectivity index (χ3v) is 7.32. The van der Waals surface area contributed by atoms with E-state index in [1.54, 1.807) is 11.2 Å². The van der Waals surface area contributed by atoms with E-state index in [0.717, 1.165) is 42.2 Å². The summed E-state index contributed by atoms with van der Waals surface area (Å²) in [5, 5.41) is 12.8. The molecule has 2 heterocycles. The van der Waals surface area contributed by atoms with Gasteiger partial charge >= 0.3 is 0 Å². The molecule has 0 bridgehead atoms. The van der Waals surface area contributed by atoms with Crippen molar-refractivity contribution in [3.63, 3.8) is 0 Å². The van der Waals surface area contributed by atoms with Crippen LogP contribution in [0.4, 0.5) is 0 Å². The second-order valence-corrected chi connectivity index (χ2v) is 9.36. The molecule has 1 aliphatic carbocycles. The molecule has 2 aliphatic rings.